The van der Waals surface area contributed by atoms with Gasteiger partial charge in [-0.2, -0.15) is 4.68 Å². The maximum absolute atomic E-state index is 12.7. The van der Waals surface area contributed by atoms with E-state index in [1.165, 1.54) is 5.56 Å². The fourth-order valence-corrected chi connectivity index (χ4v) is 3.42. The van der Waals surface area contributed by atoms with Crippen molar-refractivity contribution in [3.63, 3.8) is 0 Å². The zero-order chi connectivity index (χ0) is 20.4. The van der Waals surface area contributed by atoms with Gasteiger partial charge >= 0.3 is 0 Å². The van der Waals surface area contributed by atoms with Gasteiger partial charge in [0.05, 0.1) is 18.2 Å². The molecule has 8 nitrogen and oxygen atoms in total. The number of para-hydroxylation sites is 1. The summed E-state index contributed by atoms with van der Waals surface area (Å²) < 4.78 is 1.58. The van der Waals surface area contributed by atoms with Gasteiger partial charge in [-0.3, -0.25) is 9.59 Å². The Balaban J connectivity index is 1.41. The Morgan fingerprint density at radius 2 is 1.90 bits per heavy atom. The molecular formula is C21H22N6O2. The van der Waals surface area contributed by atoms with Gasteiger partial charge in [0.15, 0.2) is 5.82 Å². The standard InChI is InChI=1S/C21H22N6O2/c1-14-8-9-18(10-15(14)2)26-13-16(11-20(26)28)21(29)22-12-19-23-24-25-27(19)17-6-4-3-5-7-17/h3-10,16H,11-13H2,1-2H3,(H,22,29)/t16-/m1/s1. The lowest BCUT2D eigenvalue weighted by atomic mass is 10.1. The van der Waals surface area contributed by atoms with Crippen LogP contribution in [0.15, 0.2) is 48.5 Å². The van der Waals surface area contributed by atoms with E-state index < -0.39 is 5.92 Å². The molecule has 0 bridgehead atoms. The van der Waals surface area contributed by atoms with E-state index in [9.17, 15) is 9.59 Å². The van der Waals surface area contributed by atoms with E-state index in [1.54, 1.807) is 9.58 Å². The Bertz CT molecular complexity index is 1050. The molecule has 1 N–H and O–H groups in total. The molecule has 2 amide bonds. The van der Waals surface area contributed by atoms with Gasteiger partial charge in [0.2, 0.25) is 11.8 Å². The molecule has 1 aliphatic heterocycles. The number of carbonyl (C=O) groups is 2. The topological polar surface area (TPSA) is 93.0 Å². The van der Waals surface area contributed by atoms with Crippen molar-refractivity contribution >= 4 is 17.5 Å². The second kappa shape index (κ2) is 7.83. The van der Waals surface area contributed by atoms with Gasteiger partial charge in [-0.15, -0.1) is 5.10 Å². The summed E-state index contributed by atoms with van der Waals surface area (Å²) in [5.74, 6) is -0.0835. The maximum Gasteiger partial charge on any atom is 0.227 e. The van der Waals surface area contributed by atoms with Crippen LogP contribution in [0.25, 0.3) is 5.69 Å². The Labute approximate surface area is 168 Å². The highest BCUT2D eigenvalue weighted by Crippen LogP contribution is 2.27. The van der Waals surface area contributed by atoms with E-state index in [0.717, 1.165) is 16.9 Å². The summed E-state index contributed by atoms with van der Waals surface area (Å²) in [6, 6.07) is 15.4. The highest BCUT2D eigenvalue weighted by atomic mass is 16.2. The largest absolute Gasteiger partial charge is 0.348 e. The molecule has 1 atom stereocenters. The second-order valence-electron chi connectivity index (χ2n) is 7.23. The summed E-state index contributed by atoms with van der Waals surface area (Å²) in [4.78, 5) is 26.8. The lowest BCUT2D eigenvalue weighted by Gasteiger charge is -2.18. The number of aryl methyl sites for hydroxylation is 2. The van der Waals surface area contributed by atoms with Crippen molar-refractivity contribution in [3.05, 3.63) is 65.5 Å². The summed E-state index contributed by atoms with van der Waals surface area (Å²) in [7, 11) is 0. The van der Waals surface area contributed by atoms with Crippen molar-refractivity contribution in [3.8, 4) is 5.69 Å². The summed E-state index contributed by atoms with van der Waals surface area (Å²) in [6.45, 7) is 4.61. The van der Waals surface area contributed by atoms with Crippen molar-refractivity contribution in [2.45, 2.75) is 26.8 Å². The van der Waals surface area contributed by atoms with Gasteiger partial charge in [-0.05, 0) is 59.7 Å². The lowest BCUT2D eigenvalue weighted by molar-refractivity contribution is -0.126. The molecule has 148 valence electrons. The lowest BCUT2D eigenvalue weighted by Crippen LogP contribution is -2.33. The predicted molar refractivity (Wildman–Crippen MR) is 107 cm³/mol. The van der Waals surface area contributed by atoms with Crippen LogP contribution in [0, 0.1) is 19.8 Å². The van der Waals surface area contributed by atoms with Gasteiger partial charge in [0, 0.05) is 18.7 Å². The van der Waals surface area contributed by atoms with E-state index in [0.29, 0.717) is 12.4 Å². The normalized spacial score (nSPS) is 16.3. The minimum atomic E-state index is -0.398. The third-order valence-electron chi connectivity index (χ3n) is 5.25. The number of rotatable bonds is 5. The quantitative estimate of drug-likeness (QED) is 0.719. The average molecular weight is 390 g/mol. The average Bonchev–Trinajstić information content (AvgIpc) is 3.35. The first-order valence-corrected chi connectivity index (χ1v) is 9.51. The number of nitrogens with one attached hydrogen (secondary N) is 1. The van der Waals surface area contributed by atoms with Crippen LogP contribution in [-0.2, 0) is 16.1 Å². The molecular weight excluding hydrogens is 368 g/mol. The Morgan fingerprint density at radius 3 is 2.66 bits per heavy atom. The number of tetrazole rings is 1. The number of hydrogen-bond acceptors (Lipinski definition) is 5. The Kier molecular flexibility index (Phi) is 5.07. The van der Waals surface area contributed by atoms with Gasteiger partial charge in [-0.1, -0.05) is 24.3 Å². The van der Waals surface area contributed by atoms with Gasteiger partial charge in [0.1, 0.15) is 0 Å². The highest BCUT2D eigenvalue weighted by Gasteiger charge is 2.35. The van der Waals surface area contributed by atoms with Crippen LogP contribution in [0.5, 0.6) is 0 Å². The number of nitrogens with zero attached hydrogens (tertiary/aromatic N) is 5. The first-order valence-electron chi connectivity index (χ1n) is 9.51. The number of hydrogen-bond donors (Lipinski definition) is 1. The number of carbonyl (C=O) groups excluding carboxylic acids is 2. The molecule has 0 radical (unpaired) electrons. The molecule has 1 aromatic heterocycles. The Hall–Kier alpha value is -3.55. The van der Waals surface area contributed by atoms with Crippen LogP contribution in [-0.4, -0.2) is 38.6 Å². The third-order valence-corrected chi connectivity index (χ3v) is 5.25. The van der Waals surface area contributed by atoms with E-state index in [-0.39, 0.29) is 24.8 Å². The number of amides is 2. The minimum Gasteiger partial charge on any atom is -0.348 e. The van der Waals surface area contributed by atoms with Crippen LogP contribution < -0.4 is 10.2 Å². The van der Waals surface area contributed by atoms with E-state index in [1.807, 2.05) is 62.4 Å². The third kappa shape index (κ3) is 3.87. The zero-order valence-electron chi connectivity index (χ0n) is 16.4. The highest BCUT2D eigenvalue weighted by molar-refractivity contribution is 6.00. The van der Waals surface area contributed by atoms with Crippen molar-refractivity contribution in [1.82, 2.24) is 25.5 Å². The van der Waals surface area contributed by atoms with Crippen LogP contribution in [0.4, 0.5) is 5.69 Å². The number of anilines is 1. The smallest absolute Gasteiger partial charge is 0.227 e. The molecule has 0 unspecified atom stereocenters. The molecule has 3 aromatic rings. The van der Waals surface area contributed by atoms with Crippen molar-refractivity contribution in [1.29, 1.82) is 0 Å². The summed E-state index contributed by atoms with van der Waals surface area (Å²) >= 11 is 0. The molecule has 1 aliphatic rings. The first kappa shape index (κ1) is 18.8. The van der Waals surface area contributed by atoms with Gasteiger partial charge in [0.25, 0.3) is 0 Å². The Morgan fingerprint density at radius 1 is 1.10 bits per heavy atom. The summed E-state index contributed by atoms with van der Waals surface area (Å²) in [5.41, 5.74) is 3.95. The molecule has 4 rings (SSSR count). The van der Waals surface area contributed by atoms with Crippen LogP contribution in [0.3, 0.4) is 0 Å². The van der Waals surface area contributed by atoms with Crippen molar-refractivity contribution < 1.29 is 9.59 Å². The SMILES string of the molecule is Cc1ccc(N2C[C@H](C(=O)NCc3nnnn3-c3ccccc3)CC2=O)cc1C. The van der Waals surface area contributed by atoms with Crippen molar-refractivity contribution in [2.24, 2.45) is 5.92 Å². The molecule has 2 aromatic carbocycles. The monoisotopic (exact) mass is 390 g/mol. The van der Waals surface area contributed by atoms with Gasteiger partial charge in [-0.25, -0.2) is 0 Å². The summed E-state index contributed by atoms with van der Waals surface area (Å²) in [6.07, 6.45) is 0.197. The van der Waals surface area contributed by atoms with Crippen LogP contribution >= 0.6 is 0 Å². The number of aromatic nitrogens is 4. The minimum absolute atomic E-state index is 0.0393. The molecule has 8 heteroatoms. The zero-order valence-corrected chi connectivity index (χ0v) is 16.4. The summed E-state index contributed by atoms with van der Waals surface area (Å²) in [5, 5.41) is 14.6. The van der Waals surface area contributed by atoms with Crippen molar-refractivity contribution in [2.75, 3.05) is 11.4 Å². The molecule has 1 fully saturated rings. The second-order valence-corrected chi connectivity index (χ2v) is 7.23. The fraction of sp³-hybridized carbons (Fsp3) is 0.286. The molecule has 1 saturated heterocycles. The first-order chi connectivity index (χ1) is 14.0. The van der Waals surface area contributed by atoms with E-state index in [4.69, 9.17) is 0 Å². The molecule has 0 aliphatic carbocycles. The van der Waals surface area contributed by atoms with Crippen LogP contribution in [0.1, 0.15) is 23.4 Å². The number of benzene rings is 2. The van der Waals surface area contributed by atoms with E-state index >= 15 is 0 Å². The van der Waals surface area contributed by atoms with Gasteiger partial charge < -0.3 is 10.2 Å². The van der Waals surface area contributed by atoms with E-state index in [2.05, 4.69) is 20.8 Å². The fourth-order valence-electron chi connectivity index (χ4n) is 3.42. The van der Waals surface area contributed by atoms with Crippen LogP contribution in [0.2, 0.25) is 0 Å². The molecule has 0 spiro atoms. The maximum atomic E-state index is 12.7. The molecule has 0 saturated carbocycles. The molecule has 2 heterocycles. The predicted octanol–water partition coefficient (Wildman–Crippen LogP) is 1.95. The molecule has 29 heavy (non-hydrogen) atoms.